The van der Waals surface area contributed by atoms with Crippen molar-refractivity contribution in [2.45, 2.75) is 64.6 Å². The van der Waals surface area contributed by atoms with E-state index in [2.05, 4.69) is 6.92 Å². The third kappa shape index (κ3) is 1.48. The molecule has 1 saturated heterocycles. The van der Waals surface area contributed by atoms with Gasteiger partial charge in [-0.3, -0.25) is 4.79 Å². The Balaban J connectivity index is 1.62. The van der Waals surface area contributed by atoms with E-state index in [1.165, 1.54) is 32.1 Å². The van der Waals surface area contributed by atoms with Gasteiger partial charge in [0.25, 0.3) is 0 Å². The fraction of sp³-hybridized carbons (Fsp3) is 0.941. The van der Waals surface area contributed by atoms with Crippen molar-refractivity contribution in [3.05, 3.63) is 0 Å². The van der Waals surface area contributed by atoms with Crippen molar-refractivity contribution in [2.24, 2.45) is 29.1 Å². The van der Waals surface area contributed by atoms with Gasteiger partial charge in [-0.25, -0.2) is 0 Å². The highest BCUT2D eigenvalue weighted by atomic mass is 16.5. The molecule has 0 aromatic carbocycles. The summed E-state index contributed by atoms with van der Waals surface area (Å²) in [4.78, 5) is 12.0. The van der Waals surface area contributed by atoms with Crippen LogP contribution in [0.4, 0.5) is 0 Å². The molecular weight excluding hydrogens is 252 g/mol. The highest BCUT2D eigenvalue weighted by Crippen LogP contribution is 2.71. The van der Waals surface area contributed by atoms with Gasteiger partial charge in [-0.15, -0.1) is 0 Å². The van der Waals surface area contributed by atoms with Crippen LogP contribution in [0.25, 0.3) is 0 Å². The number of esters is 1. The minimum Gasteiger partial charge on any atom is -0.466 e. The molecule has 7 atom stereocenters. The van der Waals surface area contributed by atoms with Crippen LogP contribution in [-0.2, 0) is 14.3 Å². The minimum absolute atomic E-state index is 0.0256. The van der Waals surface area contributed by atoms with Crippen molar-refractivity contribution >= 4 is 5.97 Å². The maximum absolute atomic E-state index is 12.0. The molecule has 4 rings (SSSR count). The molecule has 2 bridgehead atoms. The van der Waals surface area contributed by atoms with E-state index in [4.69, 9.17) is 9.47 Å². The van der Waals surface area contributed by atoms with E-state index in [0.29, 0.717) is 42.5 Å². The molecule has 1 aliphatic heterocycles. The Morgan fingerprint density at radius 2 is 2.10 bits per heavy atom. The molecule has 3 aliphatic carbocycles. The van der Waals surface area contributed by atoms with Crippen LogP contribution in [0.1, 0.15) is 52.4 Å². The lowest BCUT2D eigenvalue weighted by atomic mass is 9.64. The van der Waals surface area contributed by atoms with E-state index in [-0.39, 0.29) is 5.97 Å². The lowest BCUT2D eigenvalue weighted by Crippen LogP contribution is -2.37. The fourth-order valence-corrected chi connectivity index (χ4v) is 6.46. The second-order valence-corrected chi connectivity index (χ2v) is 7.42. The van der Waals surface area contributed by atoms with Crippen LogP contribution in [-0.4, -0.2) is 24.8 Å². The van der Waals surface area contributed by atoms with Crippen molar-refractivity contribution in [3.63, 3.8) is 0 Å². The second-order valence-electron chi connectivity index (χ2n) is 7.42. The van der Waals surface area contributed by atoms with Crippen LogP contribution in [0.15, 0.2) is 0 Å². The number of carbonyl (C=O) groups is 1. The molecule has 3 saturated carbocycles. The molecule has 0 radical (unpaired) electrons. The van der Waals surface area contributed by atoms with E-state index < -0.39 is 0 Å². The molecule has 3 nitrogen and oxygen atoms in total. The van der Waals surface area contributed by atoms with Crippen LogP contribution in [0.2, 0.25) is 0 Å². The van der Waals surface area contributed by atoms with Crippen molar-refractivity contribution in [3.8, 4) is 0 Å². The van der Waals surface area contributed by atoms with Gasteiger partial charge in [-0.05, 0) is 56.3 Å². The lowest BCUT2D eigenvalue weighted by Gasteiger charge is -2.37. The molecule has 0 aromatic heterocycles. The van der Waals surface area contributed by atoms with Gasteiger partial charge in [0, 0.05) is 5.41 Å². The Morgan fingerprint density at radius 3 is 2.90 bits per heavy atom. The number of hydrogen-bond donors (Lipinski definition) is 0. The van der Waals surface area contributed by atoms with Crippen LogP contribution < -0.4 is 0 Å². The molecule has 0 amide bonds. The normalized spacial score (nSPS) is 52.1. The van der Waals surface area contributed by atoms with Crippen molar-refractivity contribution in [1.82, 2.24) is 0 Å². The summed E-state index contributed by atoms with van der Waals surface area (Å²) < 4.78 is 11.7. The number of carbonyl (C=O) groups excluding carboxylic acids is 1. The first-order valence-electron chi connectivity index (χ1n) is 8.49. The minimum atomic E-state index is -0.0256. The Kier molecular flexibility index (Phi) is 2.93. The zero-order chi connectivity index (χ0) is 13.9. The summed E-state index contributed by atoms with van der Waals surface area (Å²) in [5.41, 5.74) is 0.430. The molecule has 0 aromatic rings. The number of hydrogen-bond acceptors (Lipinski definition) is 3. The molecule has 112 valence electrons. The van der Waals surface area contributed by atoms with Gasteiger partial charge in [0.2, 0.25) is 0 Å². The lowest BCUT2D eigenvalue weighted by molar-refractivity contribution is -0.146. The Bertz CT molecular complexity index is 420. The van der Waals surface area contributed by atoms with Gasteiger partial charge in [-0.2, -0.15) is 0 Å². The van der Waals surface area contributed by atoms with Gasteiger partial charge in [0.15, 0.2) is 0 Å². The number of ether oxygens (including phenoxy) is 2. The molecule has 1 heterocycles. The fourth-order valence-electron chi connectivity index (χ4n) is 6.46. The molecule has 3 heteroatoms. The Labute approximate surface area is 121 Å². The molecule has 1 unspecified atom stereocenters. The van der Waals surface area contributed by atoms with E-state index in [0.717, 1.165) is 11.8 Å². The molecule has 20 heavy (non-hydrogen) atoms. The summed E-state index contributed by atoms with van der Waals surface area (Å²) in [6.07, 6.45) is 8.04. The maximum atomic E-state index is 12.0. The summed E-state index contributed by atoms with van der Waals surface area (Å²) in [6, 6.07) is 0. The van der Waals surface area contributed by atoms with Crippen molar-refractivity contribution in [1.29, 1.82) is 0 Å². The van der Waals surface area contributed by atoms with E-state index in [9.17, 15) is 4.79 Å². The summed E-state index contributed by atoms with van der Waals surface area (Å²) in [6.45, 7) is 4.74. The van der Waals surface area contributed by atoms with Gasteiger partial charge in [-0.1, -0.05) is 13.3 Å². The summed E-state index contributed by atoms with van der Waals surface area (Å²) in [5, 5.41) is 0. The molecule has 1 spiro atoms. The van der Waals surface area contributed by atoms with Crippen LogP contribution in [0, 0.1) is 29.1 Å². The van der Waals surface area contributed by atoms with Gasteiger partial charge >= 0.3 is 5.97 Å². The standard InChI is InChI=1S/C17H26O3/c1-3-19-15(18)9-11-10(2)12-6-7-13-14-5-4-8-17(12,13)16(11)20-14/h10-14,16H,3-9H2,1-2H3/t10-,11-,12-,13+,14+,16?,17+/m1/s1. The van der Waals surface area contributed by atoms with Crippen LogP contribution in [0.3, 0.4) is 0 Å². The van der Waals surface area contributed by atoms with E-state index in [1.807, 2.05) is 6.92 Å². The topological polar surface area (TPSA) is 35.5 Å². The monoisotopic (exact) mass is 278 g/mol. The first-order valence-corrected chi connectivity index (χ1v) is 8.49. The van der Waals surface area contributed by atoms with Gasteiger partial charge in [0.1, 0.15) is 0 Å². The second kappa shape index (κ2) is 4.46. The highest BCUT2D eigenvalue weighted by Gasteiger charge is 2.71. The van der Waals surface area contributed by atoms with E-state index in [1.54, 1.807) is 0 Å². The maximum Gasteiger partial charge on any atom is 0.306 e. The van der Waals surface area contributed by atoms with Gasteiger partial charge < -0.3 is 9.47 Å². The smallest absolute Gasteiger partial charge is 0.306 e. The highest BCUT2D eigenvalue weighted by molar-refractivity contribution is 5.70. The zero-order valence-corrected chi connectivity index (χ0v) is 12.6. The predicted molar refractivity (Wildman–Crippen MR) is 75.1 cm³/mol. The van der Waals surface area contributed by atoms with Crippen molar-refractivity contribution in [2.75, 3.05) is 6.61 Å². The van der Waals surface area contributed by atoms with Crippen molar-refractivity contribution < 1.29 is 14.3 Å². The average molecular weight is 278 g/mol. The van der Waals surface area contributed by atoms with Crippen LogP contribution in [0.5, 0.6) is 0 Å². The molecule has 4 fully saturated rings. The van der Waals surface area contributed by atoms with Crippen LogP contribution >= 0.6 is 0 Å². The summed E-state index contributed by atoms with van der Waals surface area (Å²) in [5.74, 6) is 2.57. The third-order valence-electron chi connectivity index (χ3n) is 6.97. The zero-order valence-electron chi connectivity index (χ0n) is 12.6. The average Bonchev–Trinajstić information content (AvgIpc) is 2.95. The Hall–Kier alpha value is -0.570. The summed E-state index contributed by atoms with van der Waals surface area (Å²) in [7, 11) is 0. The summed E-state index contributed by atoms with van der Waals surface area (Å²) >= 11 is 0. The largest absolute Gasteiger partial charge is 0.466 e. The quantitative estimate of drug-likeness (QED) is 0.744. The number of rotatable bonds is 3. The first-order chi connectivity index (χ1) is 9.68. The predicted octanol–water partition coefficient (Wildman–Crippen LogP) is 3.17. The molecule has 4 aliphatic rings. The van der Waals surface area contributed by atoms with Gasteiger partial charge in [0.05, 0.1) is 25.2 Å². The Morgan fingerprint density at radius 1 is 1.30 bits per heavy atom. The SMILES string of the molecule is CCOC(=O)C[C@H]1C2O[C@H]3CCC[C@@]24[C@H](CC[C@@H]34)[C@@H]1C. The third-order valence-corrected chi connectivity index (χ3v) is 6.97. The first kappa shape index (κ1) is 13.1. The molecular formula is C17H26O3. The van der Waals surface area contributed by atoms with E-state index >= 15 is 0 Å². The molecule has 0 N–H and O–H groups in total.